The predicted octanol–water partition coefficient (Wildman–Crippen LogP) is 7.24. The van der Waals surface area contributed by atoms with Crippen LogP contribution in [0, 0.1) is 5.82 Å². The van der Waals surface area contributed by atoms with Crippen LogP contribution in [-0.2, 0) is 6.42 Å². The van der Waals surface area contributed by atoms with Gasteiger partial charge in [-0.1, -0.05) is 24.3 Å². The first kappa shape index (κ1) is 25.8. The number of hydrogen-bond acceptors (Lipinski definition) is 4. The molecular formula is C31H34F2N2OS. The minimum Gasteiger partial charge on any atom is -0.489 e. The highest BCUT2D eigenvalue weighted by Gasteiger charge is 2.24. The van der Waals surface area contributed by atoms with Crippen molar-refractivity contribution in [2.24, 2.45) is 0 Å². The Bertz CT molecular complexity index is 1270. The maximum atomic E-state index is 14.8. The van der Waals surface area contributed by atoms with Crippen molar-refractivity contribution in [3.05, 3.63) is 88.7 Å². The standard InChI is InChI=1S/C31H34F2N2OS/c1-37-30-13-8-23(19-29(30)33)27-5-2-4-22-18-24(34)9-12-28(22)31(27)21-6-10-25(11-7-21)36-26-14-17-35(20-26)16-3-15-32/h6-13,18-19,26H,2-5,14-17,20,34H2,1H3. The molecule has 2 aliphatic rings. The van der Waals surface area contributed by atoms with Crippen LogP contribution in [0.25, 0.3) is 11.1 Å². The third-order valence-electron chi connectivity index (χ3n) is 7.36. The molecule has 37 heavy (non-hydrogen) atoms. The fourth-order valence-electron chi connectivity index (χ4n) is 5.55. The number of halogens is 2. The van der Waals surface area contributed by atoms with Gasteiger partial charge in [-0.2, -0.15) is 0 Å². The Balaban J connectivity index is 1.48. The molecule has 0 amide bonds. The van der Waals surface area contributed by atoms with E-state index in [9.17, 15) is 8.78 Å². The van der Waals surface area contributed by atoms with Gasteiger partial charge in [-0.15, -0.1) is 11.8 Å². The molecule has 2 N–H and O–H groups in total. The van der Waals surface area contributed by atoms with Gasteiger partial charge in [0, 0.05) is 30.2 Å². The van der Waals surface area contributed by atoms with Gasteiger partial charge in [-0.25, -0.2) is 4.39 Å². The molecule has 1 heterocycles. The Morgan fingerprint density at radius 1 is 1.03 bits per heavy atom. The monoisotopic (exact) mass is 520 g/mol. The lowest BCUT2D eigenvalue weighted by molar-refractivity contribution is 0.198. The Morgan fingerprint density at radius 3 is 2.59 bits per heavy atom. The second-order valence-electron chi connectivity index (χ2n) is 9.87. The second kappa shape index (κ2) is 11.7. The average molecular weight is 521 g/mol. The predicted molar refractivity (Wildman–Crippen MR) is 150 cm³/mol. The summed E-state index contributed by atoms with van der Waals surface area (Å²) in [6.07, 6.45) is 6.32. The summed E-state index contributed by atoms with van der Waals surface area (Å²) in [5, 5.41) is 0. The number of rotatable bonds is 8. The zero-order valence-electron chi connectivity index (χ0n) is 21.3. The van der Waals surface area contributed by atoms with E-state index >= 15 is 0 Å². The fraction of sp³-hybridized carbons (Fsp3) is 0.355. The van der Waals surface area contributed by atoms with Crippen molar-refractivity contribution in [1.29, 1.82) is 0 Å². The zero-order valence-corrected chi connectivity index (χ0v) is 22.1. The van der Waals surface area contributed by atoms with Crippen LogP contribution in [0.4, 0.5) is 14.5 Å². The summed E-state index contributed by atoms with van der Waals surface area (Å²) in [6.45, 7) is 2.30. The zero-order chi connectivity index (χ0) is 25.8. The first-order chi connectivity index (χ1) is 18.1. The molecule has 1 saturated heterocycles. The number of thioether (sulfide) groups is 1. The molecule has 194 valence electrons. The molecule has 1 fully saturated rings. The van der Waals surface area contributed by atoms with Crippen molar-refractivity contribution >= 4 is 28.6 Å². The van der Waals surface area contributed by atoms with E-state index in [-0.39, 0.29) is 18.6 Å². The number of aryl methyl sites for hydroxylation is 1. The molecule has 0 saturated carbocycles. The third-order valence-corrected chi connectivity index (χ3v) is 8.13. The molecule has 1 aliphatic heterocycles. The summed E-state index contributed by atoms with van der Waals surface area (Å²) < 4.78 is 33.6. The number of hydrogen-bond donors (Lipinski definition) is 1. The number of nitrogens with two attached hydrogens (primary N) is 1. The van der Waals surface area contributed by atoms with Gasteiger partial charge in [0.25, 0.3) is 0 Å². The lowest BCUT2D eigenvalue weighted by Crippen LogP contribution is -2.26. The van der Waals surface area contributed by atoms with Crippen LogP contribution in [0.1, 0.15) is 47.9 Å². The molecule has 1 aliphatic carbocycles. The Kier molecular flexibility index (Phi) is 8.16. The second-order valence-corrected chi connectivity index (χ2v) is 10.7. The van der Waals surface area contributed by atoms with Crippen molar-refractivity contribution in [2.75, 3.05) is 38.3 Å². The Morgan fingerprint density at radius 2 is 1.84 bits per heavy atom. The molecule has 0 radical (unpaired) electrons. The van der Waals surface area contributed by atoms with Gasteiger partial charge in [-0.05, 0) is 108 Å². The quantitative estimate of drug-likeness (QED) is 0.251. The van der Waals surface area contributed by atoms with Gasteiger partial charge in [0.15, 0.2) is 0 Å². The van der Waals surface area contributed by atoms with Gasteiger partial charge in [0.05, 0.1) is 6.67 Å². The SMILES string of the molecule is CSc1ccc(C2=C(c3ccc(OC4CCN(CCCF)C4)cc3)c3ccc(N)cc3CCC2)cc1F. The highest BCUT2D eigenvalue weighted by molar-refractivity contribution is 7.98. The number of likely N-dealkylation sites (tertiary alicyclic amines) is 1. The number of ether oxygens (including phenoxy) is 1. The topological polar surface area (TPSA) is 38.5 Å². The van der Waals surface area contributed by atoms with E-state index in [0.29, 0.717) is 11.3 Å². The lowest BCUT2D eigenvalue weighted by Gasteiger charge is -2.19. The van der Waals surface area contributed by atoms with Crippen LogP contribution >= 0.6 is 11.8 Å². The number of nitrogen functional groups attached to an aromatic ring is 1. The molecule has 3 nitrogen and oxygen atoms in total. The number of nitrogens with zero attached hydrogens (tertiary/aromatic N) is 1. The van der Waals surface area contributed by atoms with E-state index < -0.39 is 0 Å². The Labute approximate surface area is 222 Å². The van der Waals surface area contributed by atoms with Crippen molar-refractivity contribution in [3.63, 3.8) is 0 Å². The van der Waals surface area contributed by atoms with E-state index in [1.807, 2.05) is 36.6 Å². The minimum absolute atomic E-state index is 0.125. The summed E-state index contributed by atoms with van der Waals surface area (Å²) in [6, 6.07) is 20.0. The van der Waals surface area contributed by atoms with Crippen molar-refractivity contribution < 1.29 is 13.5 Å². The number of benzene rings is 3. The summed E-state index contributed by atoms with van der Waals surface area (Å²) in [7, 11) is 0. The minimum atomic E-state index is -0.272. The Hall–Kier alpha value is -2.83. The van der Waals surface area contributed by atoms with Crippen molar-refractivity contribution in [2.45, 2.75) is 43.1 Å². The van der Waals surface area contributed by atoms with Gasteiger partial charge in [-0.3, -0.25) is 9.29 Å². The first-order valence-corrected chi connectivity index (χ1v) is 14.3. The average Bonchev–Trinajstić information content (AvgIpc) is 3.26. The third kappa shape index (κ3) is 5.86. The largest absolute Gasteiger partial charge is 0.489 e. The van der Waals surface area contributed by atoms with E-state index in [1.165, 1.54) is 17.3 Å². The van der Waals surface area contributed by atoms with Crippen LogP contribution in [0.2, 0.25) is 0 Å². The molecule has 3 aromatic carbocycles. The van der Waals surface area contributed by atoms with Crippen molar-refractivity contribution in [3.8, 4) is 5.75 Å². The van der Waals surface area contributed by atoms with Gasteiger partial charge >= 0.3 is 0 Å². The molecule has 0 spiro atoms. The van der Waals surface area contributed by atoms with E-state index in [0.717, 1.165) is 84.6 Å². The molecule has 5 rings (SSSR count). The molecule has 0 aromatic heterocycles. The smallest absolute Gasteiger partial charge is 0.137 e. The maximum Gasteiger partial charge on any atom is 0.137 e. The highest BCUT2D eigenvalue weighted by atomic mass is 32.2. The van der Waals surface area contributed by atoms with Crippen molar-refractivity contribution in [1.82, 2.24) is 4.90 Å². The maximum absolute atomic E-state index is 14.8. The highest BCUT2D eigenvalue weighted by Crippen LogP contribution is 2.41. The number of allylic oxidation sites excluding steroid dienone is 1. The molecule has 6 heteroatoms. The van der Waals surface area contributed by atoms with Crippen LogP contribution in [-0.4, -0.2) is 43.6 Å². The van der Waals surface area contributed by atoms with E-state index in [2.05, 4.69) is 29.2 Å². The van der Waals surface area contributed by atoms with E-state index in [4.69, 9.17) is 10.5 Å². The summed E-state index contributed by atoms with van der Waals surface area (Å²) in [4.78, 5) is 2.93. The van der Waals surface area contributed by atoms with Gasteiger partial charge in [0.2, 0.25) is 0 Å². The van der Waals surface area contributed by atoms with Crippen LogP contribution in [0.3, 0.4) is 0 Å². The number of fused-ring (bicyclic) bond motifs is 1. The van der Waals surface area contributed by atoms with Crippen LogP contribution < -0.4 is 10.5 Å². The molecule has 0 bridgehead atoms. The molecule has 1 atom stereocenters. The summed E-state index contributed by atoms with van der Waals surface area (Å²) >= 11 is 1.42. The summed E-state index contributed by atoms with van der Waals surface area (Å²) in [5.74, 6) is 0.657. The van der Waals surface area contributed by atoms with Crippen LogP contribution in [0.5, 0.6) is 5.75 Å². The molecule has 1 unspecified atom stereocenters. The van der Waals surface area contributed by atoms with Gasteiger partial charge < -0.3 is 10.5 Å². The normalized spacial score (nSPS) is 18.1. The number of alkyl halides is 1. The molecule has 3 aromatic rings. The fourth-order valence-corrected chi connectivity index (χ4v) is 6.01. The van der Waals surface area contributed by atoms with Crippen LogP contribution in [0.15, 0.2) is 65.6 Å². The summed E-state index contributed by atoms with van der Waals surface area (Å²) in [5.41, 5.74) is 13.6. The van der Waals surface area contributed by atoms with Gasteiger partial charge in [0.1, 0.15) is 17.7 Å². The first-order valence-electron chi connectivity index (χ1n) is 13.1. The lowest BCUT2D eigenvalue weighted by atomic mass is 9.87. The van der Waals surface area contributed by atoms with E-state index in [1.54, 1.807) is 6.07 Å². The number of anilines is 1. The molecular weight excluding hydrogens is 486 g/mol.